The molecule has 0 saturated heterocycles. The third-order valence-corrected chi connectivity index (χ3v) is 6.93. The number of rotatable bonds is 5. The molecule has 126 valence electrons. The Kier molecular flexibility index (Phi) is 6.08. The molecule has 25 heavy (non-hydrogen) atoms. The fourth-order valence-corrected chi connectivity index (χ4v) is 5.34. The molecule has 0 radical (unpaired) electrons. The second kappa shape index (κ2) is 8.48. The molecular formula is C23H23NTe. The summed E-state index contributed by atoms with van der Waals surface area (Å²) in [6.07, 6.45) is 0.935. The summed E-state index contributed by atoms with van der Waals surface area (Å²) >= 11 is -0.490. The van der Waals surface area contributed by atoms with Crippen molar-refractivity contribution >= 4 is 34.0 Å². The van der Waals surface area contributed by atoms with Crippen LogP contribution >= 0.6 is 0 Å². The number of aryl methyl sites for hydroxylation is 3. The first-order chi connectivity index (χ1) is 12.1. The Morgan fingerprint density at radius 1 is 0.760 bits per heavy atom. The van der Waals surface area contributed by atoms with Crippen molar-refractivity contribution in [3.63, 3.8) is 0 Å². The molecule has 2 heteroatoms. The second-order valence-electron chi connectivity index (χ2n) is 6.32. The average molecular weight is 441 g/mol. The molecule has 0 spiro atoms. The van der Waals surface area contributed by atoms with E-state index in [0.29, 0.717) is 0 Å². The SMILES string of the molecule is Cc1ccc([Te]C(Cc2ccccc2)=Nc2c(C)cccc2C)cc1. The summed E-state index contributed by atoms with van der Waals surface area (Å²) in [6.45, 7) is 6.44. The van der Waals surface area contributed by atoms with Crippen LogP contribution in [0.5, 0.6) is 0 Å². The van der Waals surface area contributed by atoms with Crippen LogP contribution in [0.2, 0.25) is 0 Å². The second-order valence-corrected chi connectivity index (χ2v) is 9.60. The molecule has 0 aromatic heterocycles. The maximum absolute atomic E-state index is 5.15. The fourth-order valence-electron chi connectivity index (χ4n) is 2.72. The van der Waals surface area contributed by atoms with Gasteiger partial charge in [0.2, 0.25) is 0 Å². The van der Waals surface area contributed by atoms with Gasteiger partial charge in [-0.2, -0.15) is 0 Å². The van der Waals surface area contributed by atoms with Gasteiger partial charge in [0.1, 0.15) is 0 Å². The van der Waals surface area contributed by atoms with Gasteiger partial charge in [0.05, 0.1) is 0 Å². The van der Waals surface area contributed by atoms with Crippen LogP contribution < -0.4 is 3.61 Å². The van der Waals surface area contributed by atoms with E-state index in [-0.39, 0.29) is 0 Å². The molecule has 0 heterocycles. The van der Waals surface area contributed by atoms with E-state index >= 15 is 0 Å². The van der Waals surface area contributed by atoms with Gasteiger partial charge < -0.3 is 0 Å². The van der Waals surface area contributed by atoms with Gasteiger partial charge in [-0.3, -0.25) is 0 Å². The van der Waals surface area contributed by atoms with Crippen molar-refractivity contribution in [2.24, 2.45) is 4.99 Å². The Labute approximate surface area is 160 Å². The first kappa shape index (κ1) is 17.9. The van der Waals surface area contributed by atoms with Crippen molar-refractivity contribution in [2.45, 2.75) is 27.2 Å². The zero-order chi connectivity index (χ0) is 17.6. The van der Waals surface area contributed by atoms with E-state index in [1.165, 1.54) is 29.6 Å². The molecule has 0 fully saturated rings. The van der Waals surface area contributed by atoms with E-state index in [9.17, 15) is 0 Å². The van der Waals surface area contributed by atoms with Crippen molar-refractivity contribution in [3.05, 3.63) is 95.1 Å². The van der Waals surface area contributed by atoms with Crippen molar-refractivity contribution in [1.29, 1.82) is 0 Å². The molecule has 0 aliphatic carbocycles. The van der Waals surface area contributed by atoms with Crippen molar-refractivity contribution in [2.75, 3.05) is 0 Å². The van der Waals surface area contributed by atoms with Crippen LogP contribution in [0.25, 0.3) is 0 Å². The number of hydrogen-bond acceptors (Lipinski definition) is 1. The van der Waals surface area contributed by atoms with E-state index in [0.717, 1.165) is 12.1 Å². The molecule has 1 nitrogen and oxygen atoms in total. The monoisotopic (exact) mass is 443 g/mol. The number of aliphatic imine (C=N–C) groups is 1. The molecule has 0 amide bonds. The van der Waals surface area contributed by atoms with Crippen LogP contribution in [0, 0.1) is 20.8 Å². The standard InChI is InChI=1S/C23H23NTe/c1-17-12-14-21(15-13-17)25-22(16-20-10-5-4-6-11-20)24-23-18(2)8-7-9-19(23)3/h4-15H,16H2,1-3H3. The molecule has 0 aliphatic rings. The summed E-state index contributed by atoms with van der Waals surface area (Å²) < 4.78 is 2.77. The van der Waals surface area contributed by atoms with Crippen LogP contribution in [0.3, 0.4) is 0 Å². The predicted octanol–water partition coefficient (Wildman–Crippen LogP) is 4.91. The normalized spacial score (nSPS) is 11.6. The van der Waals surface area contributed by atoms with E-state index < -0.39 is 20.9 Å². The predicted molar refractivity (Wildman–Crippen MR) is 110 cm³/mol. The molecular weight excluding hydrogens is 418 g/mol. The van der Waals surface area contributed by atoms with Crippen molar-refractivity contribution in [3.8, 4) is 0 Å². The van der Waals surface area contributed by atoms with E-state index in [1.54, 1.807) is 0 Å². The maximum atomic E-state index is 5.15. The van der Waals surface area contributed by atoms with Gasteiger partial charge in [-0.1, -0.05) is 0 Å². The summed E-state index contributed by atoms with van der Waals surface area (Å²) in [7, 11) is 0. The van der Waals surface area contributed by atoms with E-state index in [4.69, 9.17) is 4.99 Å². The Balaban J connectivity index is 1.96. The average Bonchev–Trinajstić information content (AvgIpc) is 2.61. The Hall–Kier alpha value is -1.88. The van der Waals surface area contributed by atoms with Gasteiger partial charge in [0.25, 0.3) is 0 Å². The summed E-state index contributed by atoms with van der Waals surface area (Å²) in [5.74, 6) is 0. The zero-order valence-electron chi connectivity index (χ0n) is 15.0. The fraction of sp³-hybridized carbons (Fsp3) is 0.174. The van der Waals surface area contributed by atoms with Crippen LogP contribution in [0.4, 0.5) is 5.69 Å². The summed E-state index contributed by atoms with van der Waals surface area (Å²) in [5.41, 5.74) is 6.30. The Morgan fingerprint density at radius 3 is 2.04 bits per heavy atom. The molecule has 0 atom stereocenters. The first-order valence-corrected chi connectivity index (χ1v) is 10.9. The van der Waals surface area contributed by atoms with Gasteiger partial charge in [-0.25, -0.2) is 0 Å². The molecule has 3 aromatic rings. The Morgan fingerprint density at radius 2 is 1.40 bits per heavy atom. The molecule has 0 unspecified atom stereocenters. The summed E-state index contributed by atoms with van der Waals surface area (Å²) in [4.78, 5) is 5.15. The minimum absolute atomic E-state index is 0.490. The van der Waals surface area contributed by atoms with Gasteiger partial charge in [-0.15, -0.1) is 0 Å². The quantitative estimate of drug-likeness (QED) is 0.394. The number of para-hydroxylation sites is 1. The molecule has 0 aliphatic heterocycles. The summed E-state index contributed by atoms with van der Waals surface area (Å²) in [6, 6.07) is 26.0. The van der Waals surface area contributed by atoms with Crippen LogP contribution in [-0.4, -0.2) is 24.7 Å². The van der Waals surface area contributed by atoms with Crippen LogP contribution in [0.1, 0.15) is 22.3 Å². The molecule has 3 aromatic carbocycles. The zero-order valence-corrected chi connectivity index (χ0v) is 17.3. The van der Waals surface area contributed by atoms with Gasteiger partial charge in [0.15, 0.2) is 0 Å². The summed E-state index contributed by atoms with van der Waals surface area (Å²) in [5, 5.41) is 0. The number of nitrogens with zero attached hydrogens (tertiary/aromatic N) is 1. The first-order valence-electron chi connectivity index (χ1n) is 8.54. The van der Waals surface area contributed by atoms with Gasteiger partial charge in [-0.05, 0) is 0 Å². The van der Waals surface area contributed by atoms with Crippen molar-refractivity contribution in [1.82, 2.24) is 0 Å². The minimum atomic E-state index is -0.490. The molecule has 0 N–H and O–H groups in total. The van der Waals surface area contributed by atoms with Gasteiger partial charge in [0, 0.05) is 0 Å². The Bertz CT molecular complexity index is 844. The van der Waals surface area contributed by atoms with E-state index in [2.05, 4.69) is 93.6 Å². The molecule has 0 bridgehead atoms. The number of benzene rings is 3. The van der Waals surface area contributed by atoms with Crippen LogP contribution in [-0.2, 0) is 6.42 Å². The van der Waals surface area contributed by atoms with E-state index in [1.807, 2.05) is 0 Å². The topological polar surface area (TPSA) is 12.4 Å². The molecule has 0 saturated carbocycles. The van der Waals surface area contributed by atoms with Crippen LogP contribution in [0.15, 0.2) is 77.8 Å². The van der Waals surface area contributed by atoms with Gasteiger partial charge >= 0.3 is 161 Å². The molecule has 3 rings (SSSR count). The third kappa shape index (κ3) is 5.05. The number of hydrogen-bond donors (Lipinski definition) is 0. The third-order valence-electron chi connectivity index (χ3n) is 4.13. The van der Waals surface area contributed by atoms with Crippen molar-refractivity contribution < 1.29 is 0 Å².